The number of hydrogen-bond donors (Lipinski definition) is 0. The van der Waals surface area contributed by atoms with Gasteiger partial charge >= 0.3 is 0 Å². The fourth-order valence-corrected chi connectivity index (χ4v) is 3.47. The average Bonchev–Trinajstić information content (AvgIpc) is 3.01. The van der Waals surface area contributed by atoms with Gasteiger partial charge in [-0.25, -0.2) is 0 Å². The van der Waals surface area contributed by atoms with Crippen LogP contribution in [0.1, 0.15) is 12.0 Å². The lowest BCUT2D eigenvalue weighted by atomic mass is 10.1. The molecule has 7 heteroatoms. The van der Waals surface area contributed by atoms with Gasteiger partial charge in [0.05, 0.1) is 12.5 Å². The standard InChI is InChI=1S/C19H25N3O4/c1-14-3-5-16(6-4-14)22-8-7-21(13-18(22)24)19(25)15-11-17(23)20(12-15)9-10-26-2/h3-6,15H,7-13H2,1-2H3/t15-/m1/s1. The highest BCUT2D eigenvalue weighted by atomic mass is 16.5. The molecular weight excluding hydrogens is 334 g/mol. The van der Waals surface area contributed by atoms with Gasteiger partial charge < -0.3 is 19.4 Å². The van der Waals surface area contributed by atoms with Gasteiger partial charge in [-0.2, -0.15) is 0 Å². The van der Waals surface area contributed by atoms with Crippen LogP contribution in [0.5, 0.6) is 0 Å². The molecule has 7 nitrogen and oxygen atoms in total. The van der Waals surface area contributed by atoms with Crippen LogP contribution in [0.15, 0.2) is 24.3 Å². The molecule has 2 heterocycles. The normalized spacial score (nSPS) is 20.8. The minimum Gasteiger partial charge on any atom is -0.383 e. The van der Waals surface area contributed by atoms with Crippen LogP contribution in [0, 0.1) is 12.8 Å². The first-order valence-corrected chi connectivity index (χ1v) is 8.92. The number of carbonyl (C=O) groups is 3. The molecule has 140 valence electrons. The maximum absolute atomic E-state index is 12.7. The van der Waals surface area contributed by atoms with Crippen molar-refractivity contribution in [3.8, 4) is 0 Å². The summed E-state index contributed by atoms with van der Waals surface area (Å²) in [6.45, 7) is 4.40. The zero-order valence-electron chi connectivity index (χ0n) is 15.3. The number of aryl methyl sites for hydroxylation is 1. The Morgan fingerprint density at radius 3 is 2.54 bits per heavy atom. The Kier molecular flexibility index (Phi) is 5.56. The van der Waals surface area contributed by atoms with Gasteiger partial charge in [0, 0.05) is 45.4 Å². The van der Waals surface area contributed by atoms with Crippen molar-refractivity contribution in [3.05, 3.63) is 29.8 Å². The van der Waals surface area contributed by atoms with Crippen molar-refractivity contribution in [3.63, 3.8) is 0 Å². The molecule has 3 rings (SSSR count). The number of amides is 3. The summed E-state index contributed by atoms with van der Waals surface area (Å²) in [5, 5.41) is 0. The predicted octanol–water partition coefficient (Wildman–Crippen LogP) is 0.665. The van der Waals surface area contributed by atoms with Gasteiger partial charge in [-0.05, 0) is 19.1 Å². The number of carbonyl (C=O) groups excluding carboxylic acids is 3. The SMILES string of the molecule is COCCN1C[C@H](C(=O)N2CCN(c3ccc(C)cc3)C(=O)C2)CC1=O. The monoisotopic (exact) mass is 359 g/mol. The summed E-state index contributed by atoms with van der Waals surface area (Å²) >= 11 is 0. The summed E-state index contributed by atoms with van der Waals surface area (Å²) in [6.07, 6.45) is 0.217. The molecule has 0 N–H and O–H groups in total. The Morgan fingerprint density at radius 1 is 1.15 bits per heavy atom. The molecule has 3 amide bonds. The Morgan fingerprint density at radius 2 is 1.88 bits per heavy atom. The van der Waals surface area contributed by atoms with E-state index in [9.17, 15) is 14.4 Å². The lowest BCUT2D eigenvalue weighted by Gasteiger charge is -2.35. The van der Waals surface area contributed by atoms with Crippen LogP contribution in [-0.2, 0) is 19.1 Å². The van der Waals surface area contributed by atoms with E-state index in [1.165, 1.54) is 0 Å². The Labute approximate surface area is 153 Å². The summed E-state index contributed by atoms with van der Waals surface area (Å²) in [5.41, 5.74) is 1.99. The first-order valence-electron chi connectivity index (χ1n) is 8.92. The molecule has 2 aliphatic heterocycles. The van der Waals surface area contributed by atoms with Gasteiger partial charge in [-0.3, -0.25) is 14.4 Å². The molecule has 2 aliphatic rings. The van der Waals surface area contributed by atoms with Crippen LogP contribution < -0.4 is 4.90 Å². The van der Waals surface area contributed by atoms with E-state index in [0.717, 1.165) is 11.3 Å². The van der Waals surface area contributed by atoms with Crippen molar-refractivity contribution < 1.29 is 19.1 Å². The number of hydrogen-bond acceptors (Lipinski definition) is 4. The number of rotatable bonds is 5. The quantitative estimate of drug-likeness (QED) is 0.775. The molecule has 2 saturated heterocycles. The van der Waals surface area contributed by atoms with Crippen LogP contribution in [0.4, 0.5) is 5.69 Å². The molecule has 0 radical (unpaired) electrons. The smallest absolute Gasteiger partial charge is 0.246 e. The zero-order chi connectivity index (χ0) is 18.7. The fraction of sp³-hybridized carbons (Fsp3) is 0.526. The second-order valence-electron chi connectivity index (χ2n) is 6.87. The van der Waals surface area contributed by atoms with Gasteiger partial charge in [0.2, 0.25) is 17.7 Å². The van der Waals surface area contributed by atoms with E-state index in [2.05, 4.69) is 0 Å². The van der Waals surface area contributed by atoms with Crippen molar-refractivity contribution in [2.45, 2.75) is 13.3 Å². The van der Waals surface area contributed by atoms with Crippen molar-refractivity contribution in [2.75, 3.05) is 51.3 Å². The van der Waals surface area contributed by atoms with Crippen LogP contribution >= 0.6 is 0 Å². The largest absolute Gasteiger partial charge is 0.383 e. The molecule has 26 heavy (non-hydrogen) atoms. The van der Waals surface area contributed by atoms with Crippen LogP contribution in [0.3, 0.4) is 0 Å². The number of piperazine rings is 1. The molecule has 1 aromatic rings. The number of likely N-dealkylation sites (tertiary alicyclic amines) is 1. The maximum atomic E-state index is 12.7. The van der Waals surface area contributed by atoms with E-state index in [-0.39, 0.29) is 36.6 Å². The maximum Gasteiger partial charge on any atom is 0.246 e. The van der Waals surface area contributed by atoms with Crippen LogP contribution in [0.2, 0.25) is 0 Å². The average molecular weight is 359 g/mol. The zero-order valence-corrected chi connectivity index (χ0v) is 15.3. The first kappa shape index (κ1) is 18.4. The molecule has 0 saturated carbocycles. The van der Waals surface area contributed by atoms with Gasteiger partial charge in [-0.1, -0.05) is 17.7 Å². The second kappa shape index (κ2) is 7.86. The molecule has 2 fully saturated rings. The summed E-state index contributed by atoms with van der Waals surface area (Å²) in [6, 6.07) is 7.79. The number of ether oxygens (including phenoxy) is 1. The molecule has 1 atom stereocenters. The highest BCUT2D eigenvalue weighted by Crippen LogP contribution is 2.23. The second-order valence-corrected chi connectivity index (χ2v) is 6.87. The van der Waals surface area contributed by atoms with E-state index < -0.39 is 0 Å². The third kappa shape index (κ3) is 3.88. The summed E-state index contributed by atoms with van der Waals surface area (Å²) < 4.78 is 5.00. The van der Waals surface area contributed by atoms with Crippen molar-refractivity contribution in [1.29, 1.82) is 0 Å². The Balaban J connectivity index is 1.58. The third-order valence-electron chi connectivity index (χ3n) is 5.01. The minimum absolute atomic E-state index is 0.0231. The molecular formula is C19H25N3O4. The summed E-state index contributed by atoms with van der Waals surface area (Å²) in [7, 11) is 1.59. The number of methoxy groups -OCH3 is 1. The lowest BCUT2D eigenvalue weighted by Crippen LogP contribution is -2.54. The van der Waals surface area contributed by atoms with Gasteiger partial charge in [0.15, 0.2) is 0 Å². The van der Waals surface area contributed by atoms with Gasteiger partial charge in [0.25, 0.3) is 0 Å². The number of nitrogens with zero attached hydrogens (tertiary/aromatic N) is 3. The van der Waals surface area contributed by atoms with E-state index >= 15 is 0 Å². The van der Waals surface area contributed by atoms with Crippen molar-refractivity contribution in [2.24, 2.45) is 5.92 Å². The van der Waals surface area contributed by atoms with E-state index in [0.29, 0.717) is 32.8 Å². The molecule has 0 aliphatic carbocycles. The molecule has 0 aromatic heterocycles. The highest BCUT2D eigenvalue weighted by Gasteiger charge is 2.38. The van der Waals surface area contributed by atoms with Crippen molar-refractivity contribution in [1.82, 2.24) is 9.80 Å². The van der Waals surface area contributed by atoms with Gasteiger partial charge in [0.1, 0.15) is 6.54 Å². The minimum atomic E-state index is -0.363. The highest BCUT2D eigenvalue weighted by molar-refractivity contribution is 5.99. The van der Waals surface area contributed by atoms with Crippen LogP contribution in [-0.4, -0.2) is 74.0 Å². The topological polar surface area (TPSA) is 70.2 Å². The molecule has 0 unspecified atom stereocenters. The summed E-state index contributed by atoms with van der Waals surface area (Å²) in [4.78, 5) is 42.3. The summed E-state index contributed by atoms with van der Waals surface area (Å²) in [5.74, 6) is -0.577. The molecule has 1 aromatic carbocycles. The number of benzene rings is 1. The first-order chi connectivity index (χ1) is 12.5. The van der Waals surface area contributed by atoms with Gasteiger partial charge in [-0.15, -0.1) is 0 Å². The third-order valence-corrected chi connectivity index (χ3v) is 5.01. The predicted molar refractivity (Wildman–Crippen MR) is 96.7 cm³/mol. The fourth-order valence-electron chi connectivity index (χ4n) is 3.47. The lowest BCUT2D eigenvalue weighted by molar-refractivity contribution is -0.140. The number of anilines is 1. The van der Waals surface area contributed by atoms with Crippen LogP contribution in [0.25, 0.3) is 0 Å². The molecule has 0 bridgehead atoms. The van der Waals surface area contributed by atoms with E-state index in [1.807, 2.05) is 31.2 Å². The Bertz CT molecular complexity index is 689. The van der Waals surface area contributed by atoms with E-state index in [1.54, 1.807) is 21.8 Å². The van der Waals surface area contributed by atoms with E-state index in [4.69, 9.17) is 4.74 Å². The van der Waals surface area contributed by atoms with Crippen molar-refractivity contribution >= 4 is 23.4 Å². The Hall–Kier alpha value is -2.41. The molecule has 0 spiro atoms.